The number of anilines is 3. The molecule has 0 radical (unpaired) electrons. The van der Waals surface area contributed by atoms with Gasteiger partial charge in [0.1, 0.15) is 5.82 Å². The molecule has 0 aliphatic rings. The smallest absolute Gasteiger partial charge is 0.432 e. The summed E-state index contributed by atoms with van der Waals surface area (Å²) in [6, 6.07) is 29.7. The highest BCUT2D eigenvalue weighted by Gasteiger charge is 2.13. The van der Waals surface area contributed by atoms with E-state index in [1.54, 1.807) is 18.2 Å². The molecule has 0 saturated heterocycles. The Hall–Kier alpha value is -5.77. The topological polar surface area (TPSA) is 134 Å². The number of benzene rings is 4. The lowest BCUT2D eigenvalue weighted by Gasteiger charge is -2.12. The Labute approximate surface area is 228 Å². The number of aromatic nitrogens is 4. The second-order valence-corrected chi connectivity index (χ2v) is 9.02. The minimum Gasteiger partial charge on any atom is -0.463 e. The van der Waals surface area contributed by atoms with Crippen LogP contribution < -0.4 is 16.0 Å². The van der Waals surface area contributed by atoms with Gasteiger partial charge in [0.05, 0.1) is 17.2 Å². The molecule has 0 bridgehead atoms. The Bertz CT molecular complexity index is 1870. The Kier molecular flexibility index (Phi) is 6.47. The van der Waals surface area contributed by atoms with Gasteiger partial charge >= 0.3 is 12.1 Å². The summed E-state index contributed by atoms with van der Waals surface area (Å²) in [7, 11) is 0. The number of nitrogens with zero attached hydrogens (tertiary/aromatic N) is 4. The van der Waals surface area contributed by atoms with Crippen LogP contribution in [0.4, 0.5) is 26.8 Å². The number of urea groups is 1. The summed E-state index contributed by atoms with van der Waals surface area (Å²) in [5, 5.41) is 23.8. The molecule has 196 valence electrons. The molecule has 2 aromatic heterocycles. The Morgan fingerprint density at radius 1 is 0.825 bits per heavy atom. The van der Waals surface area contributed by atoms with Crippen molar-refractivity contribution in [2.24, 2.45) is 0 Å². The van der Waals surface area contributed by atoms with E-state index in [2.05, 4.69) is 21.0 Å². The maximum Gasteiger partial charge on any atom is 0.432 e. The fourth-order valence-electron chi connectivity index (χ4n) is 4.39. The second-order valence-electron chi connectivity index (χ2n) is 9.02. The zero-order valence-corrected chi connectivity index (χ0v) is 21.1. The van der Waals surface area contributed by atoms with Crippen molar-refractivity contribution in [3.8, 4) is 11.4 Å². The lowest BCUT2D eigenvalue weighted by atomic mass is 10.1. The third-order valence-corrected chi connectivity index (χ3v) is 6.29. The van der Waals surface area contributed by atoms with E-state index in [-0.39, 0.29) is 6.03 Å². The van der Waals surface area contributed by atoms with E-state index in [1.807, 2.05) is 78.9 Å². The van der Waals surface area contributed by atoms with Crippen LogP contribution in [0.25, 0.3) is 33.2 Å². The maximum atomic E-state index is 12.5. The normalized spacial score (nSPS) is 10.9. The zero-order valence-electron chi connectivity index (χ0n) is 21.1. The molecule has 0 aliphatic carbocycles. The highest BCUT2D eigenvalue weighted by atomic mass is 16.4. The van der Waals surface area contributed by atoms with Crippen LogP contribution in [-0.4, -0.2) is 37.0 Å². The van der Waals surface area contributed by atoms with Crippen LogP contribution in [0.1, 0.15) is 5.56 Å². The quantitative estimate of drug-likeness (QED) is 0.201. The summed E-state index contributed by atoms with van der Waals surface area (Å²) in [6.07, 6.45) is 0.361. The summed E-state index contributed by atoms with van der Waals surface area (Å²) in [5.41, 5.74) is 4.30. The first-order valence-corrected chi connectivity index (χ1v) is 12.5. The van der Waals surface area contributed by atoms with Crippen LogP contribution in [0.5, 0.6) is 0 Å². The highest BCUT2D eigenvalue weighted by molar-refractivity contribution is 5.95. The van der Waals surface area contributed by atoms with Crippen molar-refractivity contribution < 1.29 is 14.7 Å². The van der Waals surface area contributed by atoms with E-state index in [9.17, 15) is 14.7 Å². The molecule has 6 aromatic rings. The monoisotopic (exact) mass is 529 g/mol. The molecule has 40 heavy (non-hydrogen) atoms. The zero-order chi connectivity index (χ0) is 27.5. The number of hydrogen-bond acceptors (Lipinski definition) is 6. The average molecular weight is 530 g/mol. The molecule has 0 saturated carbocycles. The standard InChI is InChI=1S/C30H23N7O3/c38-29(31-17-19-7-2-1-3-8-19)34-22-10-6-9-20(15-22)27-35-25-12-5-4-11-24(25)28(36-27)33-23-13-14-26-21(16-23)18-32-37(26)30(39)40/h1-16,18H,17H2,(H,39,40)(H2,31,34,38)(H,33,35,36). The fourth-order valence-corrected chi connectivity index (χ4v) is 4.39. The van der Waals surface area contributed by atoms with Gasteiger partial charge in [-0.1, -0.05) is 54.6 Å². The molecular formula is C30H23N7O3. The number of rotatable bonds is 6. The average Bonchev–Trinajstić information content (AvgIpc) is 3.40. The van der Waals surface area contributed by atoms with Gasteiger partial charge in [-0.3, -0.25) is 0 Å². The summed E-state index contributed by atoms with van der Waals surface area (Å²) < 4.78 is 0.931. The first kappa shape index (κ1) is 24.6. The Morgan fingerprint density at radius 3 is 2.50 bits per heavy atom. The van der Waals surface area contributed by atoms with Crippen LogP contribution in [0.3, 0.4) is 0 Å². The molecule has 2 amide bonds. The van der Waals surface area contributed by atoms with Crippen LogP contribution >= 0.6 is 0 Å². The van der Waals surface area contributed by atoms with Crippen molar-refractivity contribution in [2.45, 2.75) is 6.54 Å². The predicted molar refractivity (Wildman–Crippen MR) is 154 cm³/mol. The summed E-state index contributed by atoms with van der Waals surface area (Å²) in [5.74, 6) is 1.07. The number of hydrogen-bond donors (Lipinski definition) is 4. The van der Waals surface area contributed by atoms with Gasteiger partial charge in [-0.25, -0.2) is 19.6 Å². The molecule has 0 fully saturated rings. The van der Waals surface area contributed by atoms with Gasteiger partial charge in [0.25, 0.3) is 0 Å². The predicted octanol–water partition coefficient (Wildman–Crippen LogP) is 6.24. The van der Waals surface area contributed by atoms with Crippen molar-refractivity contribution in [1.82, 2.24) is 25.1 Å². The molecule has 4 aromatic carbocycles. The van der Waals surface area contributed by atoms with Crippen molar-refractivity contribution in [2.75, 3.05) is 10.6 Å². The van der Waals surface area contributed by atoms with Gasteiger partial charge in [-0.05, 0) is 48.0 Å². The lowest BCUT2D eigenvalue weighted by molar-refractivity contribution is 0.194. The van der Waals surface area contributed by atoms with Gasteiger partial charge in [0, 0.05) is 34.3 Å². The molecule has 2 heterocycles. The number of carbonyl (C=O) groups excluding carboxylic acids is 1. The van der Waals surface area contributed by atoms with Gasteiger partial charge < -0.3 is 21.1 Å². The van der Waals surface area contributed by atoms with Crippen molar-refractivity contribution >= 4 is 51.1 Å². The van der Waals surface area contributed by atoms with E-state index in [0.29, 0.717) is 34.8 Å². The summed E-state index contributed by atoms with van der Waals surface area (Å²) in [6.45, 7) is 0.415. The van der Waals surface area contributed by atoms with E-state index in [0.717, 1.165) is 32.4 Å². The van der Waals surface area contributed by atoms with Gasteiger partial charge in [-0.2, -0.15) is 9.78 Å². The number of nitrogens with one attached hydrogen (secondary N) is 3. The van der Waals surface area contributed by atoms with Gasteiger partial charge in [-0.15, -0.1) is 0 Å². The van der Waals surface area contributed by atoms with E-state index in [4.69, 9.17) is 9.97 Å². The van der Waals surface area contributed by atoms with Gasteiger partial charge in [0.15, 0.2) is 5.82 Å². The fraction of sp³-hybridized carbons (Fsp3) is 0.0333. The van der Waals surface area contributed by atoms with Gasteiger partial charge in [0.2, 0.25) is 0 Å². The van der Waals surface area contributed by atoms with Crippen molar-refractivity contribution in [3.05, 3.63) is 109 Å². The molecule has 0 atom stereocenters. The number of amides is 2. The highest BCUT2D eigenvalue weighted by Crippen LogP contribution is 2.29. The third-order valence-electron chi connectivity index (χ3n) is 6.29. The number of carboxylic acid groups (broad SMARTS) is 1. The molecule has 10 heteroatoms. The maximum absolute atomic E-state index is 12.5. The molecular weight excluding hydrogens is 506 g/mol. The number of carbonyl (C=O) groups is 2. The number of fused-ring (bicyclic) bond motifs is 2. The van der Waals surface area contributed by atoms with E-state index < -0.39 is 6.09 Å². The largest absolute Gasteiger partial charge is 0.463 e. The Balaban J connectivity index is 1.27. The molecule has 4 N–H and O–H groups in total. The SMILES string of the molecule is O=C(NCc1ccccc1)Nc1cccc(-c2nc(Nc3ccc4c(cnn4C(=O)O)c3)c3ccccc3n2)c1. The van der Waals surface area contributed by atoms with E-state index >= 15 is 0 Å². The molecule has 0 spiro atoms. The molecule has 0 aliphatic heterocycles. The minimum atomic E-state index is -1.15. The van der Waals surface area contributed by atoms with Crippen LogP contribution in [0.15, 0.2) is 103 Å². The minimum absolute atomic E-state index is 0.315. The van der Waals surface area contributed by atoms with Crippen molar-refractivity contribution in [3.63, 3.8) is 0 Å². The third kappa shape index (κ3) is 5.14. The first-order valence-electron chi connectivity index (χ1n) is 12.5. The second kappa shape index (κ2) is 10.5. The molecule has 0 unspecified atom stereocenters. The summed E-state index contributed by atoms with van der Waals surface area (Å²) >= 11 is 0. The first-order chi connectivity index (χ1) is 19.5. The molecule has 10 nitrogen and oxygen atoms in total. The van der Waals surface area contributed by atoms with Crippen LogP contribution in [-0.2, 0) is 6.54 Å². The summed E-state index contributed by atoms with van der Waals surface area (Å²) in [4.78, 5) is 33.5. The van der Waals surface area contributed by atoms with Crippen LogP contribution in [0.2, 0.25) is 0 Å². The Morgan fingerprint density at radius 2 is 1.65 bits per heavy atom. The van der Waals surface area contributed by atoms with Crippen LogP contribution in [0, 0.1) is 0 Å². The lowest BCUT2D eigenvalue weighted by Crippen LogP contribution is -2.28. The number of para-hydroxylation sites is 1. The van der Waals surface area contributed by atoms with Crippen molar-refractivity contribution in [1.29, 1.82) is 0 Å². The molecule has 6 rings (SSSR count). The van der Waals surface area contributed by atoms with E-state index in [1.165, 1.54) is 6.20 Å².